The first-order chi connectivity index (χ1) is 9.80. The maximum Gasteiger partial charge on any atom is 0.416 e. The molecule has 2 atom stereocenters. The van der Waals surface area contributed by atoms with Crippen molar-refractivity contribution in [3.8, 4) is 0 Å². The molecule has 0 aliphatic carbocycles. The maximum absolute atomic E-state index is 13.7. The van der Waals surface area contributed by atoms with Crippen LogP contribution in [0.2, 0.25) is 0 Å². The van der Waals surface area contributed by atoms with Gasteiger partial charge in [0.1, 0.15) is 5.82 Å². The predicted molar refractivity (Wildman–Crippen MR) is 69.0 cm³/mol. The topological polar surface area (TPSA) is 33.1 Å². The summed E-state index contributed by atoms with van der Waals surface area (Å²) in [4.78, 5) is 4.02. The Morgan fingerprint density at radius 1 is 1.14 bits per heavy atom. The van der Waals surface area contributed by atoms with E-state index in [0.717, 1.165) is 0 Å². The first-order valence-corrected chi connectivity index (χ1v) is 6.26. The SMILES string of the molecule is CC(c1ccccn1)C(O)c1cc(C(F)(F)F)ccc1F. The summed E-state index contributed by atoms with van der Waals surface area (Å²) < 4.78 is 51.7. The Bertz CT molecular complexity index is 613. The van der Waals surface area contributed by atoms with Crippen LogP contribution in [0.3, 0.4) is 0 Å². The number of hydrogen-bond acceptors (Lipinski definition) is 2. The van der Waals surface area contributed by atoms with E-state index in [1.807, 2.05) is 0 Å². The molecule has 1 aromatic heterocycles. The fourth-order valence-electron chi connectivity index (χ4n) is 2.02. The second kappa shape index (κ2) is 5.81. The Morgan fingerprint density at radius 2 is 1.86 bits per heavy atom. The lowest BCUT2D eigenvalue weighted by Crippen LogP contribution is -2.13. The first kappa shape index (κ1) is 15.4. The summed E-state index contributed by atoms with van der Waals surface area (Å²) in [5, 5.41) is 10.2. The molecule has 1 N–H and O–H groups in total. The van der Waals surface area contributed by atoms with Crippen molar-refractivity contribution in [2.24, 2.45) is 0 Å². The summed E-state index contributed by atoms with van der Waals surface area (Å²) in [7, 11) is 0. The van der Waals surface area contributed by atoms with E-state index in [1.54, 1.807) is 25.1 Å². The molecule has 6 heteroatoms. The molecule has 0 fully saturated rings. The number of alkyl halides is 3. The van der Waals surface area contributed by atoms with E-state index >= 15 is 0 Å². The molecule has 1 aromatic carbocycles. The van der Waals surface area contributed by atoms with Gasteiger partial charge in [-0.25, -0.2) is 4.39 Å². The van der Waals surface area contributed by atoms with Crippen LogP contribution in [0.1, 0.15) is 35.8 Å². The number of pyridine rings is 1. The third-order valence-electron chi connectivity index (χ3n) is 3.27. The number of rotatable bonds is 3. The van der Waals surface area contributed by atoms with E-state index in [1.165, 1.54) is 6.20 Å². The highest BCUT2D eigenvalue weighted by Gasteiger charge is 2.32. The summed E-state index contributed by atoms with van der Waals surface area (Å²) in [5.41, 5.74) is -0.907. The Hall–Kier alpha value is -1.95. The Labute approximate surface area is 119 Å². The number of nitrogens with zero attached hydrogens (tertiary/aromatic N) is 1. The third kappa shape index (κ3) is 3.39. The number of hydrogen-bond donors (Lipinski definition) is 1. The van der Waals surface area contributed by atoms with Gasteiger partial charge in [-0.15, -0.1) is 0 Å². The molecule has 0 saturated carbocycles. The van der Waals surface area contributed by atoms with Crippen LogP contribution in [0.25, 0.3) is 0 Å². The molecule has 0 amide bonds. The van der Waals surface area contributed by atoms with Gasteiger partial charge >= 0.3 is 6.18 Å². The highest BCUT2D eigenvalue weighted by molar-refractivity contribution is 5.30. The molecular weight excluding hydrogens is 286 g/mol. The van der Waals surface area contributed by atoms with Gasteiger partial charge in [0.25, 0.3) is 0 Å². The van der Waals surface area contributed by atoms with Crippen molar-refractivity contribution >= 4 is 0 Å². The molecule has 0 radical (unpaired) electrons. The fraction of sp³-hybridized carbons (Fsp3) is 0.267. The van der Waals surface area contributed by atoms with Crippen molar-refractivity contribution in [1.29, 1.82) is 0 Å². The summed E-state index contributed by atoms with van der Waals surface area (Å²) in [6.45, 7) is 1.58. The zero-order chi connectivity index (χ0) is 15.6. The molecule has 0 bridgehead atoms. The van der Waals surface area contributed by atoms with Gasteiger partial charge in [0.15, 0.2) is 0 Å². The highest BCUT2D eigenvalue weighted by atomic mass is 19.4. The normalized spacial score (nSPS) is 14.8. The number of aromatic nitrogens is 1. The second-order valence-corrected chi connectivity index (χ2v) is 4.72. The minimum Gasteiger partial charge on any atom is -0.388 e. The molecule has 0 aliphatic rings. The molecule has 0 spiro atoms. The quantitative estimate of drug-likeness (QED) is 0.866. The number of aliphatic hydroxyl groups is 1. The summed E-state index contributed by atoms with van der Waals surface area (Å²) in [6, 6.07) is 6.99. The molecule has 21 heavy (non-hydrogen) atoms. The van der Waals surface area contributed by atoms with Crippen LogP contribution in [0.5, 0.6) is 0 Å². The molecule has 2 unspecified atom stereocenters. The van der Waals surface area contributed by atoms with Crippen molar-refractivity contribution in [1.82, 2.24) is 4.98 Å². The monoisotopic (exact) mass is 299 g/mol. The van der Waals surface area contributed by atoms with Gasteiger partial charge in [-0.05, 0) is 30.3 Å². The smallest absolute Gasteiger partial charge is 0.388 e. The van der Waals surface area contributed by atoms with E-state index in [-0.39, 0.29) is 5.56 Å². The van der Waals surface area contributed by atoms with Crippen LogP contribution in [0.15, 0.2) is 42.6 Å². The highest BCUT2D eigenvalue weighted by Crippen LogP contribution is 2.35. The van der Waals surface area contributed by atoms with Gasteiger partial charge in [0, 0.05) is 23.4 Å². The van der Waals surface area contributed by atoms with Crippen molar-refractivity contribution in [3.05, 3.63) is 65.2 Å². The van der Waals surface area contributed by atoms with Crippen LogP contribution in [0.4, 0.5) is 17.6 Å². The van der Waals surface area contributed by atoms with E-state index in [4.69, 9.17) is 0 Å². The second-order valence-electron chi connectivity index (χ2n) is 4.72. The number of aliphatic hydroxyl groups excluding tert-OH is 1. The Morgan fingerprint density at radius 3 is 2.43 bits per heavy atom. The fourth-order valence-corrected chi connectivity index (χ4v) is 2.02. The molecule has 112 valence electrons. The van der Waals surface area contributed by atoms with Gasteiger partial charge in [0.05, 0.1) is 11.7 Å². The van der Waals surface area contributed by atoms with Gasteiger partial charge in [-0.1, -0.05) is 13.0 Å². The molecular formula is C15H13F4NO. The number of halogens is 4. The third-order valence-corrected chi connectivity index (χ3v) is 3.27. The van der Waals surface area contributed by atoms with Crippen molar-refractivity contribution in [2.75, 3.05) is 0 Å². The molecule has 1 heterocycles. The van der Waals surface area contributed by atoms with Crippen LogP contribution in [0, 0.1) is 5.82 Å². The van der Waals surface area contributed by atoms with Gasteiger partial charge < -0.3 is 5.11 Å². The first-order valence-electron chi connectivity index (χ1n) is 6.26. The van der Waals surface area contributed by atoms with Crippen molar-refractivity contribution in [2.45, 2.75) is 25.1 Å². The standard InChI is InChI=1S/C15H13F4NO/c1-9(13-4-2-3-7-20-13)14(21)11-8-10(15(17,18)19)5-6-12(11)16/h2-9,14,21H,1H3. The Balaban J connectivity index is 2.37. The van der Waals surface area contributed by atoms with Crippen LogP contribution in [-0.4, -0.2) is 10.1 Å². The van der Waals surface area contributed by atoms with Gasteiger partial charge in [0.2, 0.25) is 0 Å². The summed E-state index contributed by atoms with van der Waals surface area (Å²) in [6.07, 6.45) is -4.50. The maximum atomic E-state index is 13.7. The van der Waals surface area contributed by atoms with Crippen molar-refractivity contribution in [3.63, 3.8) is 0 Å². The van der Waals surface area contributed by atoms with Gasteiger partial charge in [-0.2, -0.15) is 13.2 Å². The lowest BCUT2D eigenvalue weighted by atomic mass is 9.92. The van der Waals surface area contributed by atoms with Gasteiger partial charge in [-0.3, -0.25) is 4.98 Å². The van der Waals surface area contributed by atoms with E-state index in [2.05, 4.69) is 4.98 Å². The molecule has 0 saturated heterocycles. The molecule has 0 aliphatic heterocycles. The largest absolute Gasteiger partial charge is 0.416 e. The lowest BCUT2D eigenvalue weighted by Gasteiger charge is -2.20. The minimum absolute atomic E-state index is 0.386. The van der Waals surface area contributed by atoms with Crippen LogP contribution >= 0.6 is 0 Å². The number of benzene rings is 1. The lowest BCUT2D eigenvalue weighted by molar-refractivity contribution is -0.137. The van der Waals surface area contributed by atoms with Crippen LogP contribution < -0.4 is 0 Å². The molecule has 2 rings (SSSR count). The van der Waals surface area contributed by atoms with Crippen LogP contribution in [-0.2, 0) is 6.18 Å². The summed E-state index contributed by atoms with van der Waals surface area (Å²) >= 11 is 0. The Kier molecular flexibility index (Phi) is 4.27. The summed E-state index contributed by atoms with van der Waals surface area (Å²) in [5.74, 6) is -1.51. The van der Waals surface area contributed by atoms with Crippen molar-refractivity contribution < 1.29 is 22.7 Å². The molecule has 2 nitrogen and oxygen atoms in total. The average molecular weight is 299 g/mol. The van der Waals surface area contributed by atoms with E-state index < -0.39 is 29.6 Å². The molecule has 2 aromatic rings. The average Bonchev–Trinajstić information content (AvgIpc) is 2.46. The van der Waals surface area contributed by atoms with E-state index in [9.17, 15) is 22.7 Å². The zero-order valence-electron chi connectivity index (χ0n) is 11.1. The van der Waals surface area contributed by atoms with E-state index in [0.29, 0.717) is 23.9 Å². The minimum atomic E-state index is -4.59. The zero-order valence-corrected chi connectivity index (χ0v) is 11.1. The predicted octanol–water partition coefficient (Wildman–Crippen LogP) is 4.08.